The molecule has 1 heterocycles. The van der Waals surface area contributed by atoms with Crippen LogP contribution in [-0.4, -0.2) is 58.0 Å². The van der Waals surface area contributed by atoms with E-state index < -0.39 is 5.97 Å². The number of carboxylic acid groups (broad SMARTS) is 1. The number of phenolic OH excluding ortho intramolecular Hbond substituents is 2. The summed E-state index contributed by atoms with van der Waals surface area (Å²) in [6.45, 7) is 2.10. The normalized spacial score (nSPS) is 16.2. The van der Waals surface area contributed by atoms with Gasteiger partial charge < -0.3 is 24.8 Å². The summed E-state index contributed by atoms with van der Waals surface area (Å²) in [6, 6.07) is 6.93. The maximum absolute atomic E-state index is 12.9. The van der Waals surface area contributed by atoms with Gasteiger partial charge in [-0.05, 0) is 60.7 Å². The first kappa shape index (κ1) is 22.0. The van der Waals surface area contributed by atoms with E-state index >= 15 is 0 Å². The van der Waals surface area contributed by atoms with Crippen molar-refractivity contribution >= 4 is 40.6 Å². The van der Waals surface area contributed by atoms with Gasteiger partial charge in [0.15, 0.2) is 16.7 Å². The molecule has 0 unspecified atom stereocenters. The minimum absolute atomic E-state index is 0.119. The third-order valence-corrected chi connectivity index (χ3v) is 5.44. The largest absolute Gasteiger partial charge is 0.508 e. The van der Waals surface area contributed by atoms with Crippen molar-refractivity contribution in [3.8, 4) is 23.0 Å². The first-order chi connectivity index (χ1) is 14.8. The second-order valence-corrected chi connectivity index (χ2v) is 7.34. The number of aromatic hydroxyl groups is 2. The van der Waals surface area contributed by atoms with E-state index in [1.165, 1.54) is 31.3 Å². The number of amides is 1. The lowest BCUT2D eigenvalue weighted by Crippen LogP contribution is -2.28. The summed E-state index contributed by atoms with van der Waals surface area (Å²) in [7, 11) is 2.81. The van der Waals surface area contributed by atoms with Crippen LogP contribution in [0, 0.1) is 0 Å². The molecule has 2 aromatic rings. The number of benzene rings is 2. The number of methoxy groups -OCH3 is 2. The molecule has 0 aliphatic carbocycles. The van der Waals surface area contributed by atoms with Crippen molar-refractivity contribution in [2.75, 3.05) is 20.8 Å². The number of carboxylic acids is 1. The maximum Gasteiger partial charge on any atom is 0.338 e. The Morgan fingerprint density at radius 1 is 1.16 bits per heavy atom. The highest BCUT2D eigenvalue weighted by molar-refractivity contribution is 8.18. The number of hydrogen-bond acceptors (Lipinski definition) is 8. The predicted molar refractivity (Wildman–Crippen MR) is 116 cm³/mol. The molecule has 0 aromatic heterocycles. The molecule has 1 aliphatic rings. The second kappa shape index (κ2) is 9.00. The predicted octanol–water partition coefficient (Wildman–Crippen LogP) is 3.44. The average Bonchev–Trinajstić information content (AvgIpc) is 3.04. The topological polar surface area (TPSA) is 129 Å². The van der Waals surface area contributed by atoms with Gasteiger partial charge in [0.25, 0.3) is 5.91 Å². The number of phenols is 2. The highest BCUT2D eigenvalue weighted by atomic mass is 32.2. The molecular formula is C21H20N2O7S. The van der Waals surface area contributed by atoms with Crippen LogP contribution in [0.5, 0.6) is 23.0 Å². The number of amidine groups is 1. The number of likely N-dealkylation sites (N-methyl/N-ethyl adjacent to an activating group) is 1. The van der Waals surface area contributed by atoms with E-state index in [0.717, 1.165) is 17.8 Å². The molecular weight excluding hydrogens is 424 g/mol. The number of ether oxygens (including phenoxy) is 2. The number of nitrogens with zero attached hydrogens (tertiary/aromatic N) is 2. The molecule has 0 atom stereocenters. The van der Waals surface area contributed by atoms with Crippen LogP contribution >= 0.6 is 11.8 Å². The van der Waals surface area contributed by atoms with Crippen molar-refractivity contribution < 1.29 is 34.4 Å². The van der Waals surface area contributed by atoms with Crippen LogP contribution in [0.2, 0.25) is 0 Å². The Balaban J connectivity index is 2.03. The Labute approximate surface area is 182 Å². The molecule has 2 aromatic carbocycles. The molecule has 31 heavy (non-hydrogen) atoms. The molecule has 10 heteroatoms. The lowest BCUT2D eigenvalue weighted by Gasteiger charge is -2.12. The third-order valence-electron chi connectivity index (χ3n) is 4.43. The summed E-state index contributed by atoms with van der Waals surface area (Å²) in [5, 5.41) is 29.3. The molecule has 3 rings (SSSR count). The lowest BCUT2D eigenvalue weighted by atomic mass is 10.1. The standard InChI is InChI=1S/C21H20N2O7S/c1-4-23-19(26)17(9-11-7-15(29-2)18(25)16(8-11)30-3)31-21(23)22-14-6-5-12(24)10-13(14)20(27)28/h5-10,24-25H,4H2,1-3H3,(H,27,28)/b17-9-,22-21?. The second-order valence-electron chi connectivity index (χ2n) is 6.34. The van der Waals surface area contributed by atoms with Gasteiger partial charge in [0, 0.05) is 6.54 Å². The van der Waals surface area contributed by atoms with Gasteiger partial charge in [0.05, 0.1) is 30.4 Å². The highest BCUT2D eigenvalue weighted by Crippen LogP contribution is 2.40. The monoisotopic (exact) mass is 444 g/mol. The van der Waals surface area contributed by atoms with E-state index in [4.69, 9.17) is 9.47 Å². The molecule has 0 bridgehead atoms. The third kappa shape index (κ3) is 4.43. The molecule has 9 nitrogen and oxygen atoms in total. The first-order valence-corrected chi connectivity index (χ1v) is 9.92. The quantitative estimate of drug-likeness (QED) is 0.578. The Bertz CT molecular complexity index is 1090. The summed E-state index contributed by atoms with van der Waals surface area (Å²) < 4.78 is 10.3. The number of thioether (sulfide) groups is 1. The molecule has 1 saturated heterocycles. The summed E-state index contributed by atoms with van der Waals surface area (Å²) in [6.07, 6.45) is 1.61. The summed E-state index contributed by atoms with van der Waals surface area (Å²) in [5.74, 6) is -1.50. The number of rotatable bonds is 6. The highest BCUT2D eigenvalue weighted by Gasteiger charge is 2.32. The minimum Gasteiger partial charge on any atom is -0.508 e. The average molecular weight is 444 g/mol. The van der Waals surface area contributed by atoms with Gasteiger partial charge in [-0.15, -0.1) is 0 Å². The summed E-state index contributed by atoms with van der Waals surface area (Å²) in [4.78, 5) is 30.5. The van der Waals surface area contributed by atoms with Gasteiger partial charge in [-0.2, -0.15) is 0 Å². The van der Waals surface area contributed by atoms with Crippen LogP contribution in [0.3, 0.4) is 0 Å². The molecule has 1 fully saturated rings. The fraction of sp³-hybridized carbons (Fsp3) is 0.190. The van der Waals surface area contributed by atoms with E-state index in [0.29, 0.717) is 22.2 Å². The lowest BCUT2D eigenvalue weighted by molar-refractivity contribution is -0.122. The molecule has 0 spiro atoms. The van der Waals surface area contributed by atoms with Gasteiger partial charge in [0.2, 0.25) is 5.75 Å². The van der Waals surface area contributed by atoms with Gasteiger partial charge in [-0.1, -0.05) is 0 Å². The number of aliphatic imine (C=N–C) groups is 1. The summed E-state index contributed by atoms with van der Waals surface area (Å²) >= 11 is 1.08. The van der Waals surface area contributed by atoms with Gasteiger partial charge in [-0.3, -0.25) is 9.69 Å². The van der Waals surface area contributed by atoms with E-state index in [2.05, 4.69) is 4.99 Å². The minimum atomic E-state index is -1.24. The molecule has 162 valence electrons. The van der Waals surface area contributed by atoms with Crippen molar-refractivity contribution in [1.82, 2.24) is 4.90 Å². The molecule has 1 amide bonds. The van der Waals surface area contributed by atoms with E-state index in [-0.39, 0.29) is 40.2 Å². The van der Waals surface area contributed by atoms with E-state index in [9.17, 15) is 24.9 Å². The van der Waals surface area contributed by atoms with E-state index in [1.54, 1.807) is 25.1 Å². The van der Waals surface area contributed by atoms with Crippen LogP contribution in [0.15, 0.2) is 40.2 Å². The molecule has 3 N–H and O–H groups in total. The Morgan fingerprint density at radius 2 is 1.81 bits per heavy atom. The zero-order valence-corrected chi connectivity index (χ0v) is 17.8. The van der Waals surface area contributed by atoms with Gasteiger partial charge in [-0.25, -0.2) is 9.79 Å². The Morgan fingerprint density at radius 3 is 2.35 bits per heavy atom. The van der Waals surface area contributed by atoms with Crippen LogP contribution in [0.4, 0.5) is 5.69 Å². The van der Waals surface area contributed by atoms with Gasteiger partial charge >= 0.3 is 5.97 Å². The van der Waals surface area contributed by atoms with Gasteiger partial charge in [0.1, 0.15) is 5.75 Å². The van der Waals surface area contributed by atoms with Crippen LogP contribution in [0.1, 0.15) is 22.8 Å². The first-order valence-electron chi connectivity index (χ1n) is 9.10. The summed E-state index contributed by atoms with van der Waals surface area (Å²) in [5.41, 5.74) is 0.505. The number of carbonyl (C=O) groups is 2. The number of aromatic carboxylic acids is 1. The Hall–Kier alpha value is -3.66. The van der Waals surface area contributed by atoms with Crippen molar-refractivity contribution in [3.05, 3.63) is 46.4 Å². The smallest absolute Gasteiger partial charge is 0.338 e. The zero-order valence-electron chi connectivity index (χ0n) is 16.9. The molecule has 0 saturated carbocycles. The van der Waals surface area contributed by atoms with Crippen molar-refractivity contribution in [1.29, 1.82) is 0 Å². The van der Waals surface area contributed by atoms with Crippen LogP contribution in [0.25, 0.3) is 6.08 Å². The fourth-order valence-corrected chi connectivity index (χ4v) is 3.97. The molecule has 0 radical (unpaired) electrons. The van der Waals surface area contributed by atoms with Crippen molar-refractivity contribution in [3.63, 3.8) is 0 Å². The zero-order chi connectivity index (χ0) is 22.7. The number of hydrogen-bond donors (Lipinski definition) is 3. The number of carbonyl (C=O) groups excluding carboxylic acids is 1. The van der Waals surface area contributed by atoms with Crippen LogP contribution < -0.4 is 9.47 Å². The maximum atomic E-state index is 12.9. The van der Waals surface area contributed by atoms with Crippen molar-refractivity contribution in [2.24, 2.45) is 4.99 Å². The SMILES string of the molecule is CCN1C(=O)/C(=C/c2cc(OC)c(O)c(OC)c2)SC1=Nc1ccc(O)cc1C(=O)O. The molecule has 1 aliphatic heterocycles. The Kier molecular flexibility index (Phi) is 6.40. The van der Waals surface area contributed by atoms with Crippen LogP contribution in [-0.2, 0) is 4.79 Å². The van der Waals surface area contributed by atoms with E-state index in [1.807, 2.05) is 0 Å². The van der Waals surface area contributed by atoms with Crippen molar-refractivity contribution in [2.45, 2.75) is 6.92 Å². The fourth-order valence-electron chi connectivity index (χ4n) is 2.91.